The van der Waals surface area contributed by atoms with E-state index < -0.39 is 10.0 Å². The highest BCUT2D eigenvalue weighted by Gasteiger charge is 2.34. The number of sulfonamides is 1. The number of hydrogen-bond acceptors (Lipinski definition) is 4. The van der Waals surface area contributed by atoms with Crippen LogP contribution in [0.15, 0.2) is 47.4 Å². The molecule has 0 spiro atoms. The summed E-state index contributed by atoms with van der Waals surface area (Å²) in [7, 11) is -2.11. The molecule has 1 fully saturated rings. The van der Waals surface area contributed by atoms with Crippen LogP contribution in [0.5, 0.6) is 5.75 Å². The molecule has 1 saturated heterocycles. The van der Waals surface area contributed by atoms with Gasteiger partial charge in [0.2, 0.25) is 15.9 Å². The third-order valence-corrected chi connectivity index (χ3v) is 7.99. The maximum atomic E-state index is 13.1. The maximum absolute atomic E-state index is 13.1. The predicted octanol–water partition coefficient (Wildman–Crippen LogP) is 3.98. The molecule has 2 aromatic rings. The van der Waals surface area contributed by atoms with E-state index in [1.165, 1.54) is 15.4 Å². The zero-order chi connectivity index (χ0) is 22.6. The van der Waals surface area contributed by atoms with Crippen molar-refractivity contribution in [2.75, 3.05) is 20.2 Å². The van der Waals surface area contributed by atoms with E-state index in [2.05, 4.69) is 37.4 Å². The summed E-state index contributed by atoms with van der Waals surface area (Å²) in [5, 5.41) is 3.15. The smallest absolute Gasteiger partial charge is 0.243 e. The number of piperidine rings is 1. The highest BCUT2D eigenvalue weighted by atomic mass is 32.2. The molecule has 1 aliphatic heterocycles. The van der Waals surface area contributed by atoms with Crippen LogP contribution in [0.4, 0.5) is 0 Å². The van der Waals surface area contributed by atoms with Crippen molar-refractivity contribution in [1.82, 2.24) is 9.62 Å². The van der Waals surface area contributed by atoms with Crippen LogP contribution in [0.2, 0.25) is 0 Å². The first kappa shape index (κ1) is 23.3. The number of benzene rings is 2. The van der Waals surface area contributed by atoms with E-state index in [1.807, 2.05) is 6.92 Å². The number of rotatable bonds is 7. The van der Waals surface area contributed by atoms with E-state index >= 15 is 0 Å². The van der Waals surface area contributed by atoms with Gasteiger partial charge in [-0.1, -0.05) is 25.1 Å². The van der Waals surface area contributed by atoms with Gasteiger partial charge in [-0.3, -0.25) is 4.79 Å². The molecule has 1 N–H and O–H groups in total. The molecule has 0 aromatic heterocycles. The molecule has 2 aromatic carbocycles. The van der Waals surface area contributed by atoms with Crippen LogP contribution in [0, 0.1) is 19.8 Å². The van der Waals surface area contributed by atoms with Gasteiger partial charge in [0.25, 0.3) is 0 Å². The maximum Gasteiger partial charge on any atom is 0.243 e. The minimum Gasteiger partial charge on any atom is -0.497 e. The molecule has 1 aliphatic rings. The second-order valence-corrected chi connectivity index (χ2v) is 10.1. The molecule has 0 radical (unpaired) electrons. The molecule has 0 aliphatic carbocycles. The SMILES string of the molecule is CC[C@H](NC(=O)[C@H]1CCCN(S(=O)(=O)c2ccc(OC)cc2)C1)c1ccc(C)c(C)c1. The zero-order valence-electron chi connectivity index (χ0n) is 18.7. The van der Waals surface area contributed by atoms with Gasteiger partial charge in [-0.05, 0) is 74.1 Å². The van der Waals surface area contributed by atoms with Gasteiger partial charge in [-0.15, -0.1) is 0 Å². The van der Waals surface area contributed by atoms with E-state index in [-0.39, 0.29) is 29.3 Å². The van der Waals surface area contributed by atoms with Crippen LogP contribution < -0.4 is 10.1 Å². The van der Waals surface area contributed by atoms with Gasteiger partial charge in [0.15, 0.2) is 0 Å². The van der Waals surface area contributed by atoms with E-state index in [0.717, 1.165) is 12.0 Å². The molecule has 7 heteroatoms. The molecule has 31 heavy (non-hydrogen) atoms. The van der Waals surface area contributed by atoms with E-state index in [0.29, 0.717) is 25.1 Å². The summed E-state index contributed by atoms with van der Waals surface area (Å²) in [6, 6.07) is 12.5. The lowest BCUT2D eigenvalue weighted by Gasteiger charge is -2.32. The predicted molar refractivity (Wildman–Crippen MR) is 122 cm³/mol. The lowest BCUT2D eigenvalue weighted by atomic mass is 9.96. The van der Waals surface area contributed by atoms with Crippen LogP contribution in [-0.4, -0.2) is 38.8 Å². The van der Waals surface area contributed by atoms with Crippen molar-refractivity contribution in [3.63, 3.8) is 0 Å². The Kier molecular flexibility index (Phi) is 7.38. The molecule has 0 bridgehead atoms. The second-order valence-electron chi connectivity index (χ2n) is 8.19. The number of nitrogens with one attached hydrogen (secondary N) is 1. The van der Waals surface area contributed by atoms with Crippen molar-refractivity contribution < 1.29 is 17.9 Å². The number of carbonyl (C=O) groups is 1. The molecule has 1 amide bonds. The summed E-state index contributed by atoms with van der Waals surface area (Å²) in [6.07, 6.45) is 2.12. The largest absolute Gasteiger partial charge is 0.497 e. The minimum absolute atomic E-state index is 0.0830. The fourth-order valence-electron chi connectivity index (χ4n) is 3.96. The Labute approximate surface area is 185 Å². The standard InChI is InChI=1S/C24H32N2O4S/c1-5-23(19-9-8-17(2)18(3)15-19)25-24(27)20-7-6-14-26(16-20)31(28,29)22-12-10-21(30-4)11-13-22/h8-13,15,20,23H,5-7,14,16H2,1-4H3,(H,25,27)/t20-,23-/m0/s1. The van der Waals surface area contributed by atoms with Crippen LogP contribution in [0.25, 0.3) is 0 Å². The number of aryl methyl sites for hydroxylation is 2. The first-order chi connectivity index (χ1) is 14.8. The van der Waals surface area contributed by atoms with Crippen LogP contribution in [0.1, 0.15) is 48.9 Å². The zero-order valence-corrected chi connectivity index (χ0v) is 19.5. The monoisotopic (exact) mass is 444 g/mol. The van der Waals surface area contributed by atoms with Crippen molar-refractivity contribution in [3.8, 4) is 5.75 Å². The summed E-state index contributed by atoms with van der Waals surface area (Å²) in [5.41, 5.74) is 3.49. The Bertz CT molecular complexity index is 1020. The topological polar surface area (TPSA) is 75.7 Å². The van der Waals surface area contributed by atoms with Crippen LogP contribution in [-0.2, 0) is 14.8 Å². The van der Waals surface area contributed by atoms with E-state index in [9.17, 15) is 13.2 Å². The van der Waals surface area contributed by atoms with Gasteiger partial charge in [-0.2, -0.15) is 4.31 Å². The highest BCUT2D eigenvalue weighted by molar-refractivity contribution is 7.89. The quantitative estimate of drug-likeness (QED) is 0.701. The number of carbonyl (C=O) groups excluding carboxylic acids is 1. The molecule has 2 atom stereocenters. The average Bonchev–Trinajstić information content (AvgIpc) is 2.79. The molecule has 1 heterocycles. The van der Waals surface area contributed by atoms with Crippen molar-refractivity contribution >= 4 is 15.9 Å². The number of methoxy groups -OCH3 is 1. The Balaban J connectivity index is 1.71. The highest BCUT2D eigenvalue weighted by Crippen LogP contribution is 2.27. The fraction of sp³-hybridized carbons (Fsp3) is 0.458. The van der Waals surface area contributed by atoms with Gasteiger partial charge < -0.3 is 10.1 Å². The van der Waals surface area contributed by atoms with E-state index in [1.54, 1.807) is 31.4 Å². The average molecular weight is 445 g/mol. The third-order valence-electron chi connectivity index (χ3n) is 6.11. The normalized spacial score (nSPS) is 18.4. The van der Waals surface area contributed by atoms with E-state index in [4.69, 9.17) is 4.74 Å². The summed E-state index contributed by atoms with van der Waals surface area (Å²) >= 11 is 0. The van der Waals surface area contributed by atoms with Crippen molar-refractivity contribution in [1.29, 1.82) is 0 Å². The van der Waals surface area contributed by atoms with Gasteiger partial charge >= 0.3 is 0 Å². The molecule has 3 rings (SSSR count). The summed E-state index contributed by atoms with van der Waals surface area (Å²) < 4.78 is 32.7. The van der Waals surface area contributed by atoms with Gasteiger partial charge in [0.05, 0.1) is 24.0 Å². The summed E-state index contributed by atoms with van der Waals surface area (Å²) in [6.45, 7) is 6.80. The Morgan fingerprint density at radius 3 is 2.48 bits per heavy atom. The van der Waals surface area contributed by atoms with Crippen molar-refractivity contribution in [2.45, 2.75) is 51.0 Å². The second kappa shape index (κ2) is 9.83. The van der Waals surface area contributed by atoms with Gasteiger partial charge in [-0.25, -0.2) is 8.42 Å². The Morgan fingerprint density at radius 1 is 1.16 bits per heavy atom. The first-order valence-electron chi connectivity index (χ1n) is 10.8. The number of ether oxygens (including phenoxy) is 1. The van der Waals surface area contributed by atoms with Crippen LogP contribution >= 0.6 is 0 Å². The lowest BCUT2D eigenvalue weighted by molar-refractivity contribution is -0.126. The molecule has 168 valence electrons. The minimum atomic E-state index is -3.65. The molecule has 6 nitrogen and oxygen atoms in total. The number of nitrogens with zero attached hydrogens (tertiary/aromatic N) is 1. The van der Waals surface area contributed by atoms with Crippen LogP contribution in [0.3, 0.4) is 0 Å². The molecular formula is C24H32N2O4S. The number of amides is 1. The molecule has 0 saturated carbocycles. The summed E-state index contributed by atoms with van der Waals surface area (Å²) in [5.74, 6) is 0.161. The van der Waals surface area contributed by atoms with Gasteiger partial charge in [0.1, 0.15) is 5.75 Å². The van der Waals surface area contributed by atoms with Crippen molar-refractivity contribution in [3.05, 3.63) is 59.2 Å². The lowest BCUT2D eigenvalue weighted by Crippen LogP contribution is -2.46. The number of hydrogen-bond donors (Lipinski definition) is 1. The fourth-order valence-corrected chi connectivity index (χ4v) is 5.49. The van der Waals surface area contributed by atoms with Gasteiger partial charge in [0, 0.05) is 13.1 Å². The molecule has 0 unspecified atom stereocenters. The first-order valence-corrected chi connectivity index (χ1v) is 12.2. The Morgan fingerprint density at radius 2 is 1.87 bits per heavy atom. The Hall–Kier alpha value is -2.38. The molecular weight excluding hydrogens is 412 g/mol. The van der Waals surface area contributed by atoms with Crippen molar-refractivity contribution in [2.24, 2.45) is 5.92 Å². The third kappa shape index (κ3) is 5.28. The summed E-state index contributed by atoms with van der Waals surface area (Å²) in [4.78, 5) is 13.3.